The number of hydrogen-bond donors (Lipinski definition) is 1. The quantitative estimate of drug-likeness (QED) is 0.812. The lowest BCUT2D eigenvalue weighted by Crippen LogP contribution is -2.46. The number of anilines is 3. The Morgan fingerprint density at radius 1 is 1.17 bits per heavy atom. The summed E-state index contributed by atoms with van der Waals surface area (Å²) in [4.78, 5) is 9.11. The van der Waals surface area contributed by atoms with E-state index < -0.39 is 0 Å². The summed E-state index contributed by atoms with van der Waals surface area (Å²) in [6.45, 7) is 7.96. The van der Waals surface area contributed by atoms with Crippen LogP contribution in [0.5, 0.6) is 5.75 Å². The zero-order valence-corrected chi connectivity index (χ0v) is 13.9. The third-order valence-corrected chi connectivity index (χ3v) is 3.99. The molecule has 0 radical (unpaired) electrons. The Labute approximate surface area is 142 Å². The molecule has 0 bridgehead atoms. The molecule has 0 spiro atoms. The number of nitrogens with zero attached hydrogens (tertiary/aromatic N) is 5. The second-order valence-corrected chi connectivity index (χ2v) is 5.48. The van der Waals surface area contributed by atoms with Crippen molar-refractivity contribution in [3.8, 4) is 5.75 Å². The van der Waals surface area contributed by atoms with Crippen molar-refractivity contribution in [3.05, 3.63) is 43.1 Å². The first-order chi connectivity index (χ1) is 11.8. The first-order valence-corrected chi connectivity index (χ1v) is 7.98. The molecule has 1 aromatic heterocycles. The van der Waals surface area contributed by atoms with Crippen molar-refractivity contribution >= 4 is 17.5 Å². The number of nitrogens with one attached hydrogen (secondary N) is 1. The molecule has 0 amide bonds. The van der Waals surface area contributed by atoms with E-state index in [4.69, 9.17) is 4.74 Å². The van der Waals surface area contributed by atoms with Gasteiger partial charge < -0.3 is 19.9 Å². The lowest BCUT2D eigenvalue weighted by atomic mass is 10.2. The number of piperazine rings is 1. The normalized spacial score (nSPS) is 14.4. The van der Waals surface area contributed by atoms with Crippen LogP contribution in [0.1, 0.15) is 0 Å². The van der Waals surface area contributed by atoms with Crippen molar-refractivity contribution in [1.29, 1.82) is 0 Å². The Kier molecular flexibility index (Phi) is 5.10. The maximum atomic E-state index is 5.21. The predicted octanol–water partition coefficient (Wildman–Crippen LogP) is 1.80. The second kappa shape index (κ2) is 7.63. The molecular weight excluding hydrogens is 304 g/mol. The molecule has 2 heterocycles. The minimum absolute atomic E-state index is 0.532. The molecule has 3 rings (SSSR count). The van der Waals surface area contributed by atoms with Gasteiger partial charge in [-0.05, 0) is 24.3 Å². The van der Waals surface area contributed by atoms with E-state index in [-0.39, 0.29) is 0 Å². The molecule has 126 valence electrons. The Morgan fingerprint density at radius 2 is 1.88 bits per heavy atom. The summed E-state index contributed by atoms with van der Waals surface area (Å²) in [5.41, 5.74) is 1.21. The number of ether oxygens (including phenoxy) is 1. The van der Waals surface area contributed by atoms with Crippen LogP contribution >= 0.6 is 0 Å². The fraction of sp³-hybridized carbons (Fsp3) is 0.353. The van der Waals surface area contributed by atoms with E-state index in [0.717, 1.165) is 37.7 Å². The van der Waals surface area contributed by atoms with Crippen LogP contribution in [0.4, 0.5) is 17.5 Å². The minimum atomic E-state index is 0.532. The van der Waals surface area contributed by atoms with Gasteiger partial charge in [-0.3, -0.25) is 0 Å². The predicted molar refractivity (Wildman–Crippen MR) is 95.9 cm³/mol. The van der Waals surface area contributed by atoms with E-state index in [1.807, 2.05) is 12.1 Å². The highest BCUT2D eigenvalue weighted by Gasteiger charge is 2.19. The van der Waals surface area contributed by atoms with E-state index >= 15 is 0 Å². The van der Waals surface area contributed by atoms with Gasteiger partial charge in [-0.25, -0.2) is 0 Å². The summed E-state index contributed by atoms with van der Waals surface area (Å²) in [6.07, 6.45) is 3.48. The average molecular weight is 326 g/mol. The molecule has 7 nitrogen and oxygen atoms in total. The molecule has 0 aliphatic carbocycles. The van der Waals surface area contributed by atoms with Crippen LogP contribution in [0.15, 0.2) is 43.1 Å². The number of aromatic nitrogens is 3. The molecule has 0 atom stereocenters. The minimum Gasteiger partial charge on any atom is -0.497 e. The SMILES string of the molecule is C=CCNc1nncc(N2CCN(c3ccc(OC)cc3)CC2)n1. The smallest absolute Gasteiger partial charge is 0.244 e. The summed E-state index contributed by atoms with van der Waals surface area (Å²) in [5.74, 6) is 2.26. The molecule has 2 aromatic rings. The van der Waals surface area contributed by atoms with E-state index in [0.29, 0.717) is 12.5 Å². The van der Waals surface area contributed by atoms with Crippen LogP contribution < -0.4 is 19.9 Å². The first-order valence-electron chi connectivity index (χ1n) is 7.98. The largest absolute Gasteiger partial charge is 0.497 e. The van der Waals surface area contributed by atoms with Gasteiger partial charge in [0.2, 0.25) is 5.95 Å². The lowest BCUT2D eigenvalue weighted by molar-refractivity contribution is 0.415. The summed E-state index contributed by atoms with van der Waals surface area (Å²) >= 11 is 0. The van der Waals surface area contributed by atoms with E-state index in [1.165, 1.54) is 5.69 Å². The van der Waals surface area contributed by atoms with Gasteiger partial charge in [-0.1, -0.05) is 6.08 Å². The monoisotopic (exact) mass is 326 g/mol. The van der Waals surface area contributed by atoms with Gasteiger partial charge in [0.15, 0.2) is 5.82 Å². The molecule has 7 heteroatoms. The average Bonchev–Trinajstić information content (AvgIpc) is 2.67. The topological polar surface area (TPSA) is 66.4 Å². The highest BCUT2D eigenvalue weighted by molar-refractivity contribution is 5.51. The molecule has 1 saturated heterocycles. The van der Waals surface area contributed by atoms with Gasteiger partial charge in [-0.2, -0.15) is 10.1 Å². The van der Waals surface area contributed by atoms with Crippen LogP contribution in [-0.4, -0.2) is 55.0 Å². The lowest BCUT2D eigenvalue weighted by Gasteiger charge is -2.36. The van der Waals surface area contributed by atoms with Crippen molar-refractivity contribution in [2.45, 2.75) is 0 Å². The van der Waals surface area contributed by atoms with Gasteiger partial charge in [0.1, 0.15) is 5.75 Å². The third-order valence-electron chi connectivity index (χ3n) is 3.99. The zero-order chi connectivity index (χ0) is 16.8. The Hall–Kier alpha value is -2.83. The van der Waals surface area contributed by atoms with Gasteiger partial charge >= 0.3 is 0 Å². The Bertz CT molecular complexity index is 667. The van der Waals surface area contributed by atoms with Crippen LogP contribution in [0.3, 0.4) is 0 Å². The van der Waals surface area contributed by atoms with Crippen molar-refractivity contribution in [3.63, 3.8) is 0 Å². The van der Waals surface area contributed by atoms with Gasteiger partial charge in [0.25, 0.3) is 0 Å². The number of hydrogen-bond acceptors (Lipinski definition) is 7. The van der Waals surface area contributed by atoms with Crippen LogP contribution in [0, 0.1) is 0 Å². The van der Waals surface area contributed by atoms with E-state index in [9.17, 15) is 0 Å². The zero-order valence-electron chi connectivity index (χ0n) is 13.9. The summed E-state index contributed by atoms with van der Waals surface area (Å²) in [6, 6.07) is 8.18. The standard InChI is InChI=1S/C17H22N6O/c1-3-8-18-17-20-16(13-19-21-17)23-11-9-22(10-12-23)14-4-6-15(24-2)7-5-14/h3-7,13H,1,8-12H2,2H3,(H,18,20,21). The van der Waals surface area contributed by atoms with Crippen molar-refractivity contribution in [2.75, 3.05) is 55.0 Å². The van der Waals surface area contributed by atoms with Gasteiger partial charge in [0, 0.05) is 38.4 Å². The molecule has 1 aliphatic rings. The van der Waals surface area contributed by atoms with Crippen LogP contribution in [0.25, 0.3) is 0 Å². The number of benzene rings is 1. The van der Waals surface area contributed by atoms with Crippen LogP contribution in [-0.2, 0) is 0 Å². The molecule has 1 aromatic carbocycles. The Morgan fingerprint density at radius 3 is 2.54 bits per heavy atom. The fourth-order valence-corrected chi connectivity index (χ4v) is 2.67. The van der Waals surface area contributed by atoms with E-state index in [1.54, 1.807) is 19.4 Å². The molecule has 1 N–H and O–H groups in total. The molecular formula is C17H22N6O. The van der Waals surface area contributed by atoms with Crippen molar-refractivity contribution in [1.82, 2.24) is 15.2 Å². The fourth-order valence-electron chi connectivity index (χ4n) is 2.67. The molecule has 1 aliphatic heterocycles. The highest BCUT2D eigenvalue weighted by Crippen LogP contribution is 2.22. The molecule has 24 heavy (non-hydrogen) atoms. The van der Waals surface area contributed by atoms with Gasteiger partial charge in [-0.15, -0.1) is 11.7 Å². The third kappa shape index (κ3) is 3.73. The molecule has 0 unspecified atom stereocenters. The second-order valence-electron chi connectivity index (χ2n) is 5.48. The summed E-state index contributed by atoms with van der Waals surface area (Å²) < 4.78 is 5.21. The van der Waals surface area contributed by atoms with Crippen molar-refractivity contribution < 1.29 is 4.74 Å². The van der Waals surface area contributed by atoms with Gasteiger partial charge in [0.05, 0.1) is 13.3 Å². The molecule has 1 fully saturated rings. The number of methoxy groups -OCH3 is 1. The molecule has 0 saturated carbocycles. The first kappa shape index (κ1) is 16.0. The van der Waals surface area contributed by atoms with E-state index in [2.05, 4.69) is 49.0 Å². The summed E-state index contributed by atoms with van der Waals surface area (Å²) in [7, 11) is 1.68. The summed E-state index contributed by atoms with van der Waals surface area (Å²) in [5, 5.41) is 11.1. The Balaban J connectivity index is 1.61. The number of rotatable bonds is 6. The highest BCUT2D eigenvalue weighted by atomic mass is 16.5. The maximum absolute atomic E-state index is 5.21. The maximum Gasteiger partial charge on any atom is 0.244 e. The van der Waals surface area contributed by atoms with Crippen molar-refractivity contribution in [2.24, 2.45) is 0 Å². The van der Waals surface area contributed by atoms with Crippen LogP contribution in [0.2, 0.25) is 0 Å².